The first-order valence-electron chi connectivity index (χ1n) is 16.6. The molecular formula is C44H34BrNO3. The van der Waals surface area contributed by atoms with Gasteiger partial charge in [0.15, 0.2) is 5.60 Å². The first-order chi connectivity index (χ1) is 23.7. The first-order valence-corrected chi connectivity index (χ1v) is 17.4. The van der Waals surface area contributed by atoms with E-state index in [4.69, 9.17) is 9.47 Å². The van der Waals surface area contributed by atoms with E-state index in [0.717, 1.165) is 65.8 Å². The highest BCUT2D eigenvalue weighted by atomic mass is 79.9. The third-order valence-corrected chi connectivity index (χ3v) is 11.3. The summed E-state index contributed by atoms with van der Waals surface area (Å²) in [7, 11) is 1.69. The molecule has 1 aliphatic carbocycles. The zero-order chi connectivity index (χ0) is 33.7. The van der Waals surface area contributed by atoms with E-state index < -0.39 is 5.60 Å². The van der Waals surface area contributed by atoms with Gasteiger partial charge in [-0.1, -0.05) is 109 Å². The van der Waals surface area contributed by atoms with E-state index in [1.54, 1.807) is 7.11 Å². The van der Waals surface area contributed by atoms with Crippen molar-refractivity contribution in [2.24, 2.45) is 0 Å². The van der Waals surface area contributed by atoms with Crippen LogP contribution < -0.4 is 14.4 Å². The Morgan fingerprint density at radius 2 is 1.47 bits per heavy atom. The van der Waals surface area contributed by atoms with Gasteiger partial charge in [0.2, 0.25) is 0 Å². The molecule has 9 rings (SSSR count). The second-order valence-electron chi connectivity index (χ2n) is 13.8. The van der Waals surface area contributed by atoms with Crippen LogP contribution in [-0.4, -0.2) is 13.0 Å². The molecule has 0 radical (unpaired) electrons. The van der Waals surface area contributed by atoms with Crippen LogP contribution in [-0.2, 0) is 17.6 Å². The fraction of sp³-hybridized carbons (Fsp3) is 0.159. The second kappa shape index (κ2) is 10.7. The summed E-state index contributed by atoms with van der Waals surface area (Å²) in [5.41, 5.74) is 10.7. The smallest absolute Gasteiger partial charge is 0.259 e. The quantitative estimate of drug-likeness (QED) is 0.183. The largest absolute Gasteiger partial charge is 0.497 e. The van der Waals surface area contributed by atoms with Crippen LogP contribution in [0.3, 0.4) is 0 Å². The molecule has 1 atom stereocenters. The van der Waals surface area contributed by atoms with Crippen molar-refractivity contribution in [1.82, 2.24) is 0 Å². The Labute approximate surface area is 294 Å². The van der Waals surface area contributed by atoms with Gasteiger partial charge in [0.1, 0.15) is 11.5 Å². The molecule has 4 nitrogen and oxygen atoms in total. The van der Waals surface area contributed by atoms with Gasteiger partial charge in [-0.15, -0.1) is 0 Å². The highest BCUT2D eigenvalue weighted by Gasteiger charge is 2.47. The van der Waals surface area contributed by atoms with Crippen LogP contribution >= 0.6 is 15.9 Å². The number of halogens is 1. The third-order valence-electron chi connectivity index (χ3n) is 10.8. The molecule has 0 aromatic heterocycles. The predicted molar refractivity (Wildman–Crippen MR) is 201 cm³/mol. The topological polar surface area (TPSA) is 38.8 Å². The van der Waals surface area contributed by atoms with Crippen molar-refractivity contribution in [2.75, 3.05) is 12.0 Å². The minimum absolute atomic E-state index is 0.0570. The van der Waals surface area contributed by atoms with Crippen LogP contribution in [0, 0.1) is 6.92 Å². The van der Waals surface area contributed by atoms with Gasteiger partial charge < -0.3 is 14.4 Å². The maximum Gasteiger partial charge on any atom is 0.259 e. The number of anilines is 1. The van der Waals surface area contributed by atoms with Crippen LogP contribution in [0.1, 0.15) is 63.1 Å². The molecule has 2 aliphatic heterocycles. The molecule has 0 N–H and O–H groups in total. The number of benzene rings is 6. The Balaban J connectivity index is 1.30. The van der Waals surface area contributed by atoms with Gasteiger partial charge in [-0.3, -0.25) is 4.79 Å². The van der Waals surface area contributed by atoms with Crippen LogP contribution in [0.5, 0.6) is 11.5 Å². The van der Waals surface area contributed by atoms with E-state index in [9.17, 15) is 4.79 Å². The summed E-state index contributed by atoms with van der Waals surface area (Å²) in [6.07, 6.45) is 4.50. The molecule has 240 valence electrons. The molecule has 6 aromatic carbocycles. The molecule has 1 unspecified atom stereocenters. The maximum atomic E-state index is 14.1. The number of fused-ring (bicyclic) bond motifs is 10. The lowest BCUT2D eigenvalue weighted by molar-refractivity contribution is 0.0996. The minimum Gasteiger partial charge on any atom is -0.497 e. The van der Waals surface area contributed by atoms with Crippen LogP contribution in [0.15, 0.2) is 120 Å². The third kappa shape index (κ3) is 4.18. The lowest BCUT2D eigenvalue weighted by Gasteiger charge is -2.38. The molecule has 0 spiro atoms. The number of hydrogen-bond donors (Lipinski definition) is 0. The number of ether oxygens (including phenoxy) is 2. The van der Waals surface area contributed by atoms with Crippen molar-refractivity contribution in [2.45, 2.75) is 38.3 Å². The molecule has 2 heterocycles. The van der Waals surface area contributed by atoms with Crippen LogP contribution in [0.25, 0.3) is 28.0 Å². The number of carbonyl (C=O) groups excluding carboxylic acids is 1. The number of hydrogen-bond acceptors (Lipinski definition) is 3. The number of rotatable bonds is 4. The summed E-state index contributed by atoms with van der Waals surface area (Å²) in [5, 5.41) is 2.19. The number of carbonyl (C=O) groups is 1. The van der Waals surface area contributed by atoms with E-state index in [2.05, 4.69) is 116 Å². The normalized spacial score (nSPS) is 18.1. The van der Waals surface area contributed by atoms with Crippen molar-refractivity contribution in [3.05, 3.63) is 164 Å². The molecule has 5 heteroatoms. The maximum absolute atomic E-state index is 14.1. The van der Waals surface area contributed by atoms with Crippen LogP contribution in [0.4, 0.5) is 5.69 Å². The molecule has 0 saturated heterocycles. The number of nitrogens with zero attached hydrogens (tertiary/aromatic N) is 1. The first kappa shape index (κ1) is 30.0. The average Bonchev–Trinajstić information content (AvgIpc) is 3.60. The van der Waals surface area contributed by atoms with Crippen molar-refractivity contribution in [1.29, 1.82) is 0 Å². The molecule has 49 heavy (non-hydrogen) atoms. The fourth-order valence-corrected chi connectivity index (χ4v) is 8.72. The number of methoxy groups -OCH3 is 1. The van der Waals surface area contributed by atoms with Gasteiger partial charge in [-0.2, -0.15) is 0 Å². The fourth-order valence-electron chi connectivity index (χ4n) is 8.45. The van der Waals surface area contributed by atoms with Gasteiger partial charge in [-0.25, -0.2) is 0 Å². The summed E-state index contributed by atoms with van der Waals surface area (Å²) in [4.78, 5) is 16.0. The van der Waals surface area contributed by atoms with Gasteiger partial charge in [0.25, 0.3) is 5.91 Å². The van der Waals surface area contributed by atoms with E-state index >= 15 is 0 Å². The van der Waals surface area contributed by atoms with E-state index in [1.807, 2.05) is 47.4 Å². The highest BCUT2D eigenvalue weighted by molar-refractivity contribution is 9.10. The average molecular weight is 705 g/mol. The van der Waals surface area contributed by atoms with Gasteiger partial charge in [0.05, 0.1) is 13.7 Å². The molecule has 6 aromatic rings. The van der Waals surface area contributed by atoms with Gasteiger partial charge in [-0.05, 0) is 88.2 Å². The monoisotopic (exact) mass is 703 g/mol. The Bertz CT molecular complexity index is 2380. The van der Waals surface area contributed by atoms with E-state index in [-0.39, 0.29) is 11.3 Å². The predicted octanol–water partition coefficient (Wildman–Crippen LogP) is 10.7. The van der Waals surface area contributed by atoms with Crippen molar-refractivity contribution in [3.8, 4) is 22.6 Å². The van der Waals surface area contributed by atoms with Crippen molar-refractivity contribution < 1.29 is 14.3 Å². The molecule has 0 bridgehead atoms. The second-order valence-corrected chi connectivity index (χ2v) is 14.7. The van der Waals surface area contributed by atoms with E-state index in [1.165, 1.54) is 22.3 Å². The standard InChI is InChI=1S/C44H34BrNO3/c1-26-24-36-38(35-25-46(42(47)37(26)35)30-18-16-29(45)17-19-30)39-32-12-8-9-13-33(32)41-34(40(39)43(36,2)3)22-23-44(49-41,27-10-6-5-7-11-27)28-14-20-31(48-4)21-15-28/h5-24H,25H2,1-4H3. The summed E-state index contributed by atoms with van der Waals surface area (Å²) in [6, 6.07) is 37.5. The van der Waals surface area contributed by atoms with Gasteiger partial charge >= 0.3 is 0 Å². The molecule has 3 aliphatic rings. The summed E-state index contributed by atoms with van der Waals surface area (Å²) in [5.74, 6) is 1.73. The number of amides is 1. The molecule has 0 fully saturated rings. The molecule has 0 saturated carbocycles. The Hall–Kier alpha value is -5.13. The van der Waals surface area contributed by atoms with Crippen molar-refractivity contribution in [3.63, 3.8) is 0 Å². The summed E-state index contributed by atoms with van der Waals surface area (Å²) in [6.45, 7) is 7.25. The minimum atomic E-state index is -0.845. The molecule has 1 amide bonds. The lowest BCUT2D eigenvalue weighted by Crippen LogP contribution is -2.35. The van der Waals surface area contributed by atoms with Gasteiger partial charge in [0, 0.05) is 43.2 Å². The zero-order valence-corrected chi connectivity index (χ0v) is 29.4. The highest BCUT2D eigenvalue weighted by Crippen LogP contribution is 2.60. The van der Waals surface area contributed by atoms with Crippen LogP contribution in [0.2, 0.25) is 0 Å². The Morgan fingerprint density at radius 3 is 2.18 bits per heavy atom. The zero-order valence-electron chi connectivity index (χ0n) is 27.8. The van der Waals surface area contributed by atoms with Crippen molar-refractivity contribution >= 4 is 44.4 Å². The lowest BCUT2D eigenvalue weighted by atomic mass is 9.76. The van der Waals surface area contributed by atoms with E-state index in [0.29, 0.717) is 6.54 Å². The summed E-state index contributed by atoms with van der Waals surface area (Å²) >= 11 is 3.55. The Morgan fingerprint density at radius 1 is 0.796 bits per heavy atom. The number of aryl methyl sites for hydroxylation is 1. The SMILES string of the molecule is COc1ccc(C2(c3ccccc3)C=Cc3c4c(c5ccccc5c3O2)-c2c(cc(C)c3c2CN(c2ccc(Br)cc2)C3=O)C4(C)C)cc1. The molecular weight excluding hydrogens is 670 g/mol. The summed E-state index contributed by atoms with van der Waals surface area (Å²) < 4.78 is 13.9. The Kier molecular flexibility index (Phi) is 6.53.